The molecule has 2 nitrogen and oxygen atoms in total. The summed E-state index contributed by atoms with van der Waals surface area (Å²) in [7, 11) is 0. The Balaban J connectivity index is 1.27. The topological polar surface area (TPSA) is 25.8 Å². The van der Waals surface area contributed by atoms with Crippen LogP contribution >= 0.6 is 54.5 Å². The van der Waals surface area contributed by atoms with Crippen LogP contribution in [0.3, 0.4) is 0 Å². The average molecular weight is 842 g/mol. The van der Waals surface area contributed by atoms with Crippen LogP contribution in [0.1, 0.15) is 153 Å². The van der Waals surface area contributed by atoms with E-state index < -0.39 is 0 Å². The Labute approximate surface area is 305 Å². The van der Waals surface area contributed by atoms with Crippen molar-refractivity contribution in [3.8, 4) is 20.9 Å². The van der Waals surface area contributed by atoms with Gasteiger partial charge in [-0.2, -0.15) is 0 Å². The molecule has 4 rings (SSSR count). The van der Waals surface area contributed by atoms with Gasteiger partial charge < -0.3 is 0 Å². The second-order valence-electron chi connectivity index (χ2n) is 12.8. The zero-order valence-corrected chi connectivity index (χ0v) is 34.3. The van der Waals surface area contributed by atoms with Crippen molar-refractivity contribution in [3.63, 3.8) is 0 Å². The first-order chi connectivity index (χ1) is 22.1. The number of halogens is 2. The molecule has 0 fully saturated rings. The zero-order valence-electron chi connectivity index (χ0n) is 27.7. The third-order valence-corrected chi connectivity index (χ3v) is 14.2. The molecule has 4 aromatic rings. The zero-order chi connectivity index (χ0) is 31.7. The SMILES string of the molecule is CCCCCCCCCCCCc1cc(-c2ccc(-c3cc(CCCCCCCCCCCC)c(Br)s3)c3n[se]nc23)sc1Br. The van der Waals surface area contributed by atoms with Crippen molar-refractivity contribution >= 4 is 80.5 Å². The predicted molar refractivity (Wildman–Crippen MR) is 210 cm³/mol. The summed E-state index contributed by atoms with van der Waals surface area (Å²) >= 11 is 11.4. The second-order valence-corrected chi connectivity index (χ2v) is 18.7. The summed E-state index contributed by atoms with van der Waals surface area (Å²) in [6.45, 7) is 4.59. The number of rotatable bonds is 24. The van der Waals surface area contributed by atoms with Crippen molar-refractivity contribution in [1.82, 2.24) is 7.96 Å². The van der Waals surface area contributed by atoms with Crippen molar-refractivity contribution in [2.75, 3.05) is 0 Å². The van der Waals surface area contributed by atoms with Gasteiger partial charge in [-0.05, 0) is 0 Å². The normalized spacial score (nSPS) is 11.7. The summed E-state index contributed by atoms with van der Waals surface area (Å²) in [6.07, 6.45) is 29.9. The summed E-state index contributed by atoms with van der Waals surface area (Å²) in [5.74, 6) is 0. The molecule has 0 amide bonds. The van der Waals surface area contributed by atoms with Crippen LogP contribution < -0.4 is 0 Å². The maximum atomic E-state index is 4.94. The van der Waals surface area contributed by atoms with Gasteiger partial charge in [-0.1, -0.05) is 78.1 Å². The first-order valence-corrected chi connectivity index (χ1v) is 22.7. The molecule has 0 radical (unpaired) electrons. The molecular formula is C38H54Br2N2S2Se. The molecule has 0 aliphatic rings. The standard InChI is InChI=1S/C38H54Br2N2S2Se/c1-3-5-7-9-11-13-15-17-19-21-23-29-27-33(43-37(29)39)31-25-26-32(36-35(31)41-45-42-36)34-28-30(38(40)44-34)24-22-20-18-16-14-12-10-8-6-4-2/h25-28H,3-24H2,1-2H3. The molecule has 0 bridgehead atoms. The van der Waals surface area contributed by atoms with Gasteiger partial charge in [-0.3, -0.25) is 0 Å². The Morgan fingerprint density at radius 2 is 0.844 bits per heavy atom. The Hall–Kier alpha value is -0.301. The van der Waals surface area contributed by atoms with E-state index in [0.29, 0.717) is 0 Å². The number of benzene rings is 1. The molecule has 0 spiro atoms. The monoisotopic (exact) mass is 840 g/mol. The maximum absolute atomic E-state index is 4.94. The van der Waals surface area contributed by atoms with E-state index in [2.05, 4.69) is 70.0 Å². The van der Waals surface area contributed by atoms with Crippen molar-refractivity contribution < 1.29 is 0 Å². The first-order valence-electron chi connectivity index (χ1n) is 17.9. The Kier molecular flexibility index (Phi) is 18.0. The van der Waals surface area contributed by atoms with Crippen LogP contribution in [-0.4, -0.2) is 22.9 Å². The molecular weight excluding hydrogens is 787 g/mol. The summed E-state index contributed by atoms with van der Waals surface area (Å²) in [5.41, 5.74) is 7.61. The van der Waals surface area contributed by atoms with Gasteiger partial charge in [0.05, 0.1) is 0 Å². The van der Waals surface area contributed by atoms with E-state index in [1.54, 1.807) is 0 Å². The van der Waals surface area contributed by atoms with Crippen LogP contribution in [-0.2, 0) is 12.8 Å². The van der Waals surface area contributed by atoms with Crippen LogP contribution in [0.25, 0.3) is 31.9 Å². The van der Waals surface area contributed by atoms with Gasteiger partial charge in [0.25, 0.3) is 0 Å². The molecule has 0 N–H and O–H groups in total. The Morgan fingerprint density at radius 3 is 1.20 bits per heavy atom. The van der Waals surface area contributed by atoms with Gasteiger partial charge in [0.15, 0.2) is 0 Å². The van der Waals surface area contributed by atoms with Gasteiger partial charge in [0.2, 0.25) is 0 Å². The van der Waals surface area contributed by atoms with E-state index in [0.717, 1.165) is 23.9 Å². The van der Waals surface area contributed by atoms with Gasteiger partial charge in [0, 0.05) is 0 Å². The van der Waals surface area contributed by atoms with Crippen LogP contribution in [0.15, 0.2) is 31.8 Å². The van der Waals surface area contributed by atoms with Crippen LogP contribution in [0.4, 0.5) is 0 Å². The molecule has 3 aromatic heterocycles. The summed E-state index contributed by atoms with van der Waals surface area (Å²) in [5, 5.41) is 0. The Bertz CT molecular complexity index is 1290. The summed E-state index contributed by atoms with van der Waals surface area (Å²) in [4.78, 5) is 2.63. The second kappa shape index (κ2) is 21.6. The number of aryl methyl sites for hydroxylation is 2. The number of fused-ring (bicyclic) bond motifs is 1. The quantitative estimate of drug-likeness (QED) is 0.0519. The molecule has 0 saturated carbocycles. The van der Waals surface area contributed by atoms with E-state index in [-0.39, 0.29) is 15.0 Å². The van der Waals surface area contributed by atoms with E-state index in [1.807, 2.05) is 22.7 Å². The Morgan fingerprint density at radius 1 is 0.511 bits per heavy atom. The fourth-order valence-corrected chi connectivity index (χ4v) is 11.1. The van der Waals surface area contributed by atoms with Crippen molar-refractivity contribution in [1.29, 1.82) is 0 Å². The van der Waals surface area contributed by atoms with Gasteiger partial charge in [-0.15, -0.1) is 0 Å². The number of aromatic nitrogens is 2. The van der Waals surface area contributed by atoms with Gasteiger partial charge in [0.1, 0.15) is 0 Å². The number of hydrogen-bond donors (Lipinski definition) is 0. The minimum atomic E-state index is -0.0617. The molecule has 0 aliphatic heterocycles. The van der Waals surface area contributed by atoms with E-state index >= 15 is 0 Å². The first kappa shape index (κ1) is 37.5. The molecule has 0 aliphatic carbocycles. The molecule has 0 unspecified atom stereocenters. The number of nitrogens with zero attached hydrogens (tertiary/aromatic N) is 2. The van der Waals surface area contributed by atoms with E-state index in [4.69, 9.17) is 7.96 Å². The average Bonchev–Trinajstić information content (AvgIpc) is 3.77. The fraction of sp³-hybridized carbons (Fsp3) is 0.632. The predicted octanol–water partition coefficient (Wildman–Crippen LogP) is 14.6. The van der Waals surface area contributed by atoms with E-state index in [9.17, 15) is 0 Å². The number of unbranched alkanes of at least 4 members (excludes halogenated alkanes) is 18. The fourth-order valence-electron chi connectivity index (χ4n) is 6.29. The van der Waals surface area contributed by atoms with Crippen molar-refractivity contribution in [3.05, 3.63) is 43.0 Å². The molecule has 248 valence electrons. The van der Waals surface area contributed by atoms with Crippen LogP contribution in [0.2, 0.25) is 0 Å². The third kappa shape index (κ3) is 12.3. The molecule has 45 heavy (non-hydrogen) atoms. The van der Waals surface area contributed by atoms with Crippen molar-refractivity contribution in [2.45, 2.75) is 155 Å². The van der Waals surface area contributed by atoms with Crippen LogP contribution in [0, 0.1) is 0 Å². The summed E-state index contributed by atoms with van der Waals surface area (Å²) in [6, 6.07) is 9.41. The minimum absolute atomic E-state index is 0.0617. The van der Waals surface area contributed by atoms with Crippen LogP contribution in [0.5, 0.6) is 0 Å². The van der Waals surface area contributed by atoms with E-state index in [1.165, 1.54) is 168 Å². The molecule has 0 atom stereocenters. The third-order valence-electron chi connectivity index (χ3n) is 9.06. The summed E-state index contributed by atoms with van der Waals surface area (Å²) < 4.78 is 12.5. The molecule has 3 heterocycles. The van der Waals surface area contributed by atoms with Crippen molar-refractivity contribution in [2.24, 2.45) is 0 Å². The molecule has 1 aromatic carbocycles. The van der Waals surface area contributed by atoms with Gasteiger partial charge >= 0.3 is 229 Å². The number of hydrogen-bond acceptors (Lipinski definition) is 4. The number of thiophene rings is 2. The molecule has 7 heteroatoms. The van der Waals surface area contributed by atoms with Gasteiger partial charge in [-0.25, -0.2) is 0 Å². The molecule has 0 saturated heterocycles.